The second kappa shape index (κ2) is 5.27. The van der Waals surface area contributed by atoms with E-state index in [-0.39, 0.29) is 11.7 Å². The molecule has 0 amide bonds. The molecule has 1 aliphatic heterocycles. The molecule has 0 saturated carbocycles. The molecule has 0 aromatic carbocycles. The number of ketones is 1. The van der Waals surface area contributed by atoms with E-state index in [1.165, 1.54) is 0 Å². The second-order valence-electron chi connectivity index (χ2n) is 4.04. The maximum atomic E-state index is 11.2. The average Bonchev–Trinajstić information content (AvgIpc) is 2.08. The maximum Gasteiger partial charge on any atom is 0.157 e. The first-order valence-corrected chi connectivity index (χ1v) is 5.09. The fraction of sp³-hybridized carbons (Fsp3) is 0.727. The number of ether oxygens (including phenoxy) is 1. The summed E-state index contributed by atoms with van der Waals surface area (Å²) in [4.78, 5) is 13.5. The van der Waals surface area contributed by atoms with E-state index in [1.54, 1.807) is 13.2 Å². The molecule has 3 nitrogen and oxygen atoms in total. The predicted octanol–water partition coefficient (Wildman–Crippen LogP) is 1.10. The Kier molecular flexibility index (Phi) is 4.29. The lowest BCUT2D eigenvalue weighted by Crippen LogP contribution is -2.51. The number of likely N-dealkylation sites (tertiary alicyclic amines) is 1. The van der Waals surface area contributed by atoms with Gasteiger partial charge in [-0.25, -0.2) is 0 Å². The first-order chi connectivity index (χ1) is 6.63. The molecule has 1 heterocycles. The van der Waals surface area contributed by atoms with Gasteiger partial charge in [0, 0.05) is 32.7 Å². The van der Waals surface area contributed by atoms with Gasteiger partial charge in [0.05, 0.1) is 6.10 Å². The van der Waals surface area contributed by atoms with Crippen LogP contribution in [-0.4, -0.2) is 43.5 Å². The Labute approximate surface area is 85.7 Å². The Morgan fingerprint density at radius 3 is 2.71 bits per heavy atom. The standard InChI is InChI=1S/C11H19NO2/c1-9(2)11(13)5-4-6-12-7-10(8-12)14-3/h4-5,9-10H,6-8H2,1-3H3/b5-4+. The maximum absolute atomic E-state index is 11.2. The minimum absolute atomic E-state index is 0.106. The highest BCUT2D eigenvalue weighted by Crippen LogP contribution is 2.09. The van der Waals surface area contributed by atoms with E-state index in [0.29, 0.717) is 6.10 Å². The van der Waals surface area contributed by atoms with Gasteiger partial charge in [-0.05, 0) is 6.08 Å². The molecular weight excluding hydrogens is 178 g/mol. The summed E-state index contributed by atoms with van der Waals surface area (Å²) in [5.74, 6) is 0.308. The number of hydrogen-bond acceptors (Lipinski definition) is 3. The first kappa shape index (κ1) is 11.4. The zero-order valence-corrected chi connectivity index (χ0v) is 9.19. The highest BCUT2D eigenvalue weighted by molar-refractivity contribution is 5.91. The van der Waals surface area contributed by atoms with Gasteiger partial charge in [0.1, 0.15) is 0 Å². The van der Waals surface area contributed by atoms with Gasteiger partial charge in [0.15, 0.2) is 5.78 Å². The van der Waals surface area contributed by atoms with Crippen LogP contribution in [0.1, 0.15) is 13.8 Å². The van der Waals surface area contributed by atoms with Gasteiger partial charge in [0.2, 0.25) is 0 Å². The molecule has 0 N–H and O–H groups in total. The van der Waals surface area contributed by atoms with Crippen molar-refractivity contribution in [1.29, 1.82) is 0 Å². The van der Waals surface area contributed by atoms with Crippen LogP contribution >= 0.6 is 0 Å². The Morgan fingerprint density at radius 1 is 1.57 bits per heavy atom. The number of methoxy groups -OCH3 is 1. The summed E-state index contributed by atoms with van der Waals surface area (Å²) in [5.41, 5.74) is 0. The molecule has 0 aromatic heterocycles. The van der Waals surface area contributed by atoms with Crippen LogP contribution < -0.4 is 0 Å². The van der Waals surface area contributed by atoms with Crippen molar-refractivity contribution in [3.05, 3.63) is 12.2 Å². The van der Waals surface area contributed by atoms with E-state index in [1.807, 2.05) is 19.9 Å². The summed E-state index contributed by atoms with van der Waals surface area (Å²) in [6, 6.07) is 0. The molecule has 1 aliphatic rings. The van der Waals surface area contributed by atoms with Crippen LogP contribution in [0.3, 0.4) is 0 Å². The van der Waals surface area contributed by atoms with Gasteiger partial charge in [-0.15, -0.1) is 0 Å². The Morgan fingerprint density at radius 2 is 2.21 bits per heavy atom. The number of nitrogens with zero attached hydrogens (tertiary/aromatic N) is 1. The molecule has 3 heteroatoms. The number of carbonyl (C=O) groups excluding carboxylic acids is 1. The normalized spacial score (nSPS) is 19.1. The molecule has 80 valence electrons. The molecule has 0 atom stereocenters. The largest absolute Gasteiger partial charge is 0.379 e. The van der Waals surface area contributed by atoms with Gasteiger partial charge in [0.25, 0.3) is 0 Å². The Balaban J connectivity index is 2.13. The minimum Gasteiger partial charge on any atom is -0.379 e. The van der Waals surface area contributed by atoms with Crippen LogP contribution in [0.5, 0.6) is 0 Å². The van der Waals surface area contributed by atoms with E-state index in [0.717, 1.165) is 19.6 Å². The van der Waals surface area contributed by atoms with Crippen LogP contribution in [0, 0.1) is 5.92 Å². The lowest BCUT2D eigenvalue weighted by molar-refractivity contribution is -0.117. The summed E-state index contributed by atoms with van der Waals surface area (Å²) in [5, 5.41) is 0. The molecule has 0 unspecified atom stereocenters. The number of carbonyl (C=O) groups is 1. The summed E-state index contributed by atoms with van der Waals surface area (Å²) >= 11 is 0. The summed E-state index contributed by atoms with van der Waals surface area (Å²) < 4.78 is 5.15. The van der Waals surface area contributed by atoms with Crippen molar-refractivity contribution in [3.8, 4) is 0 Å². The van der Waals surface area contributed by atoms with Crippen LogP contribution in [0.25, 0.3) is 0 Å². The summed E-state index contributed by atoms with van der Waals surface area (Å²) in [7, 11) is 1.74. The monoisotopic (exact) mass is 197 g/mol. The molecular formula is C11H19NO2. The van der Waals surface area contributed by atoms with Crippen molar-refractivity contribution in [2.45, 2.75) is 20.0 Å². The third-order valence-corrected chi connectivity index (χ3v) is 2.47. The van der Waals surface area contributed by atoms with Crippen LogP contribution in [0.15, 0.2) is 12.2 Å². The summed E-state index contributed by atoms with van der Waals surface area (Å²) in [6.45, 7) is 6.65. The second-order valence-corrected chi connectivity index (χ2v) is 4.04. The van der Waals surface area contributed by atoms with Gasteiger partial charge in [-0.2, -0.15) is 0 Å². The third kappa shape index (κ3) is 3.24. The molecule has 0 spiro atoms. The van der Waals surface area contributed by atoms with Crippen molar-refractivity contribution in [3.63, 3.8) is 0 Å². The predicted molar refractivity (Wildman–Crippen MR) is 56.2 cm³/mol. The molecule has 14 heavy (non-hydrogen) atoms. The topological polar surface area (TPSA) is 29.5 Å². The fourth-order valence-corrected chi connectivity index (χ4v) is 1.33. The lowest BCUT2D eigenvalue weighted by Gasteiger charge is -2.37. The average molecular weight is 197 g/mol. The van der Waals surface area contributed by atoms with Crippen LogP contribution in [0.2, 0.25) is 0 Å². The highest BCUT2D eigenvalue weighted by atomic mass is 16.5. The van der Waals surface area contributed by atoms with Crippen molar-refractivity contribution >= 4 is 5.78 Å². The van der Waals surface area contributed by atoms with Gasteiger partial charge >= 0.3 is 0 Å². The van der Waals surface area contributed by atoms with E-state index in [4.69, 9.17) is 4.74 Å². The fourth-order valence-electron chi connectivity index (χ4n) is 1.33. The first-order valence-electron chi connectivity index (χ1n) is 5.09. The quantitative estimate of drug-likeness (QED) is 0.618. The van der Waals surface area contributed by atoms with Crippen LogP contribution in [-0.2, 0) is 9.53 Å². The Bertz CT molecular complexity index is 217. The number of rotatable bonds is 5. The van der Waals surface area contributed by atoms with Crippen molar-refractivity contribution in [1.82, 2.24) is 4.90 Å². The van der Waals surface area contributed by atoms with Crippen molar-refractivity contribution in [2.24, 2.45) is 5.92 Å². The van der Waals surface area contributed by atoms with E-state index >= 15 is 0 Å². The molecule has 0 aliphatic carbocycles. The van der Waals surface area contributed by atoms with Crippen LogP contribution in [0.4, 0.5) is 0 Å². The molecule has 1 rings (SSSR count). The Hall–Kier alpha value is -0.670. The minimum atomic E-state index is 0.106. The smallest absolute Gasteiger partial charge is 0.157 e. The molecule has 0 bridgehead atoms. The molecule has 1 fully saturated rings. The van der Waals surface area contributed by atoms with Crippen molar-refractivity contribution < 1.29 is 9.53 Å². The number of hydrogen-bond donors (Lipinski definition) is 0. The molecule has 0 radical (unpaired) electrons. The van der Waals surface area contributed by atoms with Crippen molar-refractivity contribution in [2.75, 3.05) is 26.7 Å². The SMILES string of the molecule is COC1CN(C/C=C/C(=O)C(C)C)C1. The van der Waals surface area contributed by atoms with Gasteiger partial charge in [-0.3, -0.25) is 9.69 Å². The summed E-state index contributed by atoms with van der Waals surface area (Å²) in [6.07, 6.45) is 4.02. The van der Waals surface area contributed by atoms with E-state index < -0.39 is 0 Å². The third-order valence-electron chi connectivity index (χ3n) is 2.47. The highest BCUT2D eigenvalue weighted by Gasteiger charge is 2.24. The molecule has 1 saturated heterocycles. The number of allylic oxidation sites excluding steroid dienone is 1. The molecule has 0 aromatic rings. The van der Waals surface area contributed by atoms with Gasteiger partial charge < -0.3 is 4.74 Å². The lowest BCUT2D eigenvalue weighted by atomic mass is 10.1. The van der Waals surface area contributed by atoms with Gasteiger partial charge in [-0.1, -0.05) is 19.9 Å². The van der Waals surface area contributed by atoms with E-state index in [9.17, 15) is 4.79 Å². The van der Waals surface area contributed by atoms with E-state index in [2.05, 4.69) is 4.90 Å². The zero-order chi connectivity index (χ0) is 10.6. The zero-order valence-electron chi connectivity index (χ0n) is 9.19.